The van der Waals surface area contributed by atoms with Crippen LogP contribution in [0, 0.1) is 5.82 Å². The maximum Gasteiger partial charge on any atom is 0.259 e. The van der Waals surface area contributed by atoms with E-state index in [1.54, 1.807) is 42.1 Å². The molecule has 0 unspecified atom stereocenters. The Morgan fingerprint density at radius 3 is 2.63 bits per heavy atom. The first-order valence-electron chi connectivity index (χ1n) is 8.23. The van der Waals surface area contributed by atoms with Gasteiger partial charge in [0, 0.05) is 16.4 Å². The molecule has 1 N–H and O–H groups in total. The molecular weight excluding hydrogens is 369 g/mol. The Bertz CT molecular complexity index is 1050. The summed E-state index contributed by atoms with van der Waals surface area (Å²) >= 11 is 0. The third kappa shape index (κ3) is 3.23. The molecule has 1 aliphatic heterocycles. The van der Waals surface area contributed by atoms with Gasteiger partial charge in [-0.25, -0.2) is 9.07 Å². The van der Waals surface area contributed by atoms with Crippen molar-refractivity contribution < 1.29 is 18.1 Å². The maximum atomic E-state index is 14.0. The molecule has 0 bridgehead atoms. The number of fused-ring (bicyclic) bond motifs is 1. The third-order valence-corrected chi connectivity index (χ3v) is 5.54. The molecule has 0 saturated carbocycles. The van der Waals surface area contributed by atoms with E-state index in [1.165, 1.54) is 18.2 Å². The zero-order chi connectivity index (χ0) is 19.0. The summed E-state index contributed by atoms with van der Waals surface area (Å²) in [7, 11) is 0.523. The van der Waals surface area contributed by atoms with Crippen molar-refractivity contribution in [2.45, 2.75) is 11.5 Å². The second-order valence-electron chi connectivity index (χ2n) is 6.05. The summed E-state index contributed by atoms with van der Waals surface area (Å²) in [5.41, 5.74) is 2.04. The van der Waals surface area contributed by atoms with Gasteiger partial charge in [0.1, 0.15) is 17.4 Å². The van der Waals surface area contributed by atoms with Crippen LogP contribution in [-0.4, -0.2) is 27.0 Å². The van der Waals surface area contributed by atoms with Crippen LogP contribution in [0.1, 0.15) is 21.6 Å². The molecule has 2 heterocycles. The lowest BCUT2D eigenvalue weighted by Gasteiger charge is -2.12. The first-order chi connectivity index (χ1) is 13.1. The predicted molar refractivity (Wildman–Crippen MR) is 100 cm³/mol. The van der Waals surface area contributed by atoms with E-state index >= 15 is 0 Å². The SMILES string of the molecule is COc1ccc(-n2nc3c(c2NC(=O)c2ccccc2F)C[S@@](=O)C3)cc1. The van der Waals surface area contributed by atoms with Gasteiger partial charge in [0.05, 0.1) is 35.6 Å². The van der Waals surface area contributed by atoms with Crippen LogP contribution in [0.5, 0.6) is 5.75 Å². The number of carbonyl (C=O) groups is 1. The van der Waals surface area contributed by atoms with Gasteiger partial charge >= 0.3 is 0 Å². The molecule has 6 nitrogen and oxygen atoms in total. The number of nitrogens with one attached hydrogen (secondary N) is 1. The summed E-state index contributed by atoms with van der Waals surface area (Å²) in [5.74, 6) is 0.555. The van der Waals surface area contributed by atoms with Gasteiger partial charge in [-0.2, -0.15) is 5.10 Å². The van der Waals surface area contributed by atoms with Crippen molar-refractivity contribution in [3.05, 3.63) is 71.2 Å². The molecule has 1 atom stereocenters. The second-order valence-corrected chi connectivity index (χ2v) is 7.50. The Morgan fingerprint density at radius 1 is 1.19 bits per heavy atom. The number of anilines is 1. The average Bonchev–Trinajstić information content (AvgIpc) is 3.19. The Hall–Kier alpha value is -3.00. The molecule has 0 saturated heterocycles. The van der Waals surface area contributed by atoms with Gasteiger partial charge in [0.2, 0.25) is 0 Å². The topological polar surface area (TPSA) is 73.2 Å². The number of nitrogens with zero attached hydrogens (tertiary/aromatic N) is 2. The zero-order valence-corrected chi connectivity index (χ0v) is 15.3. The normalized spacial score (nSPS) is 15.4. The van der Waals surface area contributed by atoms with Crippen molar-refractivity contribution in [2.75, 3.05) is 12.4 Å². The largest absolute Gasteiger partial charge is 0.497 e. The molecule has 3 aromatic rings. The van der Waals surface area contributed by atoms with E-state index in [2.05, 4.69) is 10.4 Å². The molecule has 1 aromatic heterocycles. The molecule has 0 radical (unpaired) electrons. The van der Waals surface area contributed by atoms with Crippen LogP contribution < -0.4 is 10.1 Å². The van der Waals surface area contributed by atoms with Crippen molar-refractivity contribution >= 4 is 22.5 Å². The molecule has 27 heavy (non-hydrogen) atoms. The highest BCUT2D eigenvalue weighted by Gasteiger charge is 2.28. The Labute approximate surface area is 157 Å². The van der Waals surface area contributed by atoms with Crippen LogP contribution in [0.2, 0.25) is 0 Å². The molecule has 8 heteroatoms. The maximum absolute atomic E-state index is 14.0. The lowest BCUT2D eigenvalue weighted by atomic mass is 10.2. The van der Waals surface area contributed by atoms with Crippen LogP contribution in [-0.2, 0) is 22.3 Å². The van der Waals surface area contributed by atoms with E-state index in [1.807, 2.05) is 0 Å². The van der Waals surface area contributed by atoms with Crippen molar-refractivity contribution in [1.82, 2.24) is 9.78 Å². The highest BCUT2D eigenvalue weighted by molar-refractivity contribution is 7.83. The molecule has 1 aliphatic rings. The van der Waals surface area contributed by atoms with Gasteiger partial charge < -0.3 is 10.1 Å². The number of amides is 1. The van der Waals surface area contributed by atoms with Gasteiger partial charge in [0.15, 0.2) is 0 Å². The molecule has 0 spiro atoms. The molecule has 138 valence electrons. The number of carbonyl (C=O) groups excluding carboxylic acids is 1. The van der Waals surface area contributed by atoms with Gasteiger partial charge in [0.25, 0.3) is 5.91 Å². The molecule has 4 rings (SSSR count). The number of hydrogen-bond acceptors (Lipinski definition) is 4. The van der Waals surface area contributed by atoms with E-state index in [0.717, 1.165) is 0 Å². The minimum atomic E-state index is -1.05. The summed E-state index contributed by atoms with van der Waals surface area (Å²) in [6.07, 6.45) is 0. The summed E-state index contributed by atoms with van der Waals surface area (Å²) in [6.45, 7) is 0. The Balaban J connectivity index is 1.75. The summed E-state index contributed by atoms with van der Waals surface area (Å²) < 4.78 is 32.6. The Kier molecular flexibility index (Phi) is 4.49. The minimum absolute atomic E-state index is 0.0622. The summed E-state index contributed by atoms with van der Waals surface area (Å²) in [4.78, 5) is 12.6. The van der Waals surface area contributed by atoms with E-state index in [4.69, 9.17) is 4.74 Å². The quantitative estimate of drug-likeness (QED) is 0.749. The average molecular weight is 385 g/mol. The van der Waals surface area contributed by atoms with Crippen molar-refractivity contribution in [3.8, 4) is 11.4 Å². The number of aromatic nitrogens is 2. The number of benzene rings is 2. The van der Waals surface area contributed by atoms with E-state index in [-0.39, 0.29) is 5.56 Å². The van der Waals surface area contributed by atoms with E-state index < -0.39 is 22.5 Å². The van der Waals surface area contributed by atoms with Crippen LogP contribution in [0.4, 0.5) is 10.2 Å². The summed E-state index contributed by atoms with van der Waals surface area (Å²) in [6, 6.07) is 12.9. The van der Waals surface area contributed by atoms with E-state index in [9.17, 15) is 13.4 Å². The first kappa shape index (κ1) is 17.4. The number of ether oxygens (including phenoxy) is 1. The highest BCUT2D eigenvalue weighted by Crippen LogP contribution is 2.32. The number of rotatable bonds is 4. The molecule has 0 fully saturated rings. The minimum Gasteiger partial charge on any atom is -0.497 e. The van der Waals surface area contributed by atoms with Gasteiger partial charge in [-0.3, -0.25) is 9.00 Å². The van der Waals surface area contributed by atoms with Crippen LogP contribution in [0.25, 0.3) is 5.69 Å². The zero-order valence-electron chi connectivity index (χ0n) is 14.4. The smallest absolute Gasteiger partial charge is 0.259 e. The lowest BCUT2D eigenvalue weighted by molar-refractivity contribution is 0.102. The lowest BCUT2D eigenvalue weighted by Crippen LogP contribution is -2.17. The Morgan fingerprint density at radius 2 is 1.93 bits per heavy atom. The fourth-order valence-electron chi connectivity index (χ4n) is 2.99. The molecule has 0 aliphatic carbocycles. The molecule has 1 amide bonds. The van der Waals surface area contributed by atoms with Gasteiger partial charge in [-0.15, -0.1) is 0 Å². The van der Waals surface area contributed by atoms with Crippen molar-refractivity contribution in [1.29, 1.82) is 0 Å². The third-order valence-electron chi connectivity index (χ3n) is 4.34. The number of halogens is 1. The van der Waals surface area contributed by atoms with Gasteiger partial charge in [-0.1, -0.05) is 12.1 Å². The molecule has 2 aromatic carbocycles. The van der Waals surface area contributed by atoms with E-state index in [0.29, 0.717) is 40.0 Å². The first-order valence-corrected chi connectivity index (χ1v) is 9.71. The fraction of sp³-hybridized carbons (Fsp3) is 0.158. The van der Waals surface area contributed by atoms with Crippen molar-refractivity contribution in [2.24, 2.45) is 0 Å². The standard InChI is InChI=1S/C19H16FN3O3S/c1-26-13-8-6-12(7-9-13)23-18(15-10-27(25)11-17(15)22-23)21-19(24)14-4-2-3-5-16(14)20/h2-9H,10-11H2,1H3,(H,21,24)/t27-/m1/s1. The van der Waals surface area contributed by atoms with Crippen LogP contribution in [0.15, 0.2) is 48.5 Å². The van der Waals surface area contributed by atoms with Gasteiger partial charge in [-0.05, 0) is 36.4 Å². The predicted octanol–water partition coefficient (Wildman–Crippen LogP) is 3.03. The fourth-order valence-corrected chi connectivity index (χ4v) is 4.25. The highest BCUT2D eigenvalue weighted by atomic mass is 32.2. The van der Waals surface area contributed by atoms with Crippen LogP contribution >= 0.6 is 0 Å². The van der Waals surface area contributed by atoms with Crippen molar-refractivity contribution in [3.63, 3.8) is 0 Å². The second kappa shape index (κ2) is 6.96. The number of methoxy groups -OCH3 is 1. The van der Waals surface area contributed by atoms with Crippen LogP contribution in [0.3, 0.4) is 0 Å². The monoisotopic (exact) mass is 385 g/mol. The molecular formula is C19H16FN3O3S. The number of hydrogen-bond donors (Lipinski definition) is 1. The summed E-state index contributed by atoms with van der Waals surface area (Å²) in [5, 5.41) is 7.26.